The van der Waals surface area contributed by atoms with Crippen LogP contribution in [0.3, 0.4) is 0 Å². The van der Waals surface area contributed by atoms with Gasteiger partial charge in [-0.25, -0.2) is 0 Å². The second kappa shape index (κ2) is 12.0. The summed E-state index contributed by atoms with van der Waals surface area (Å²) in [6.45, 7) is 5.59. The van der Waals surface area contributed by atoms with Crippen molar-refractivity contribution in [1.82, 2.24) is 4.90 Å². The average molecular weight is 371 g/mol. The molecule has 1 aromatic rings. The monoisotopic (exact) mass is 371 g/mol. The first kappa shape index (κ1) is 22.5. The number of alkyl halides is 3. The molecule has 1 amide bonds. The molecule has 0 fully saturated rings. The third-order valence-corrected chi connectivity index (χ3v) is 4.56. The number of rotatable bonds is 12. The van der Waals surface area contributed by atoms with Crippen LogP contribution in [0, 0.1) is 0 Å². The van der Waals surface area contributed by atoms with Crippen molar-refractivity contribution in [1.29, 1.82) is 0 Å². The number of carbonyl (C=O) groups excluding carboxylic acids is 1. The highest BCUT2D eigenvalue weighted by atomic mass is 19.4. The predicted octanol–water partition coefficient (Wildman–Crippen LogP) is 6.70. The lowest BCUT2D eigenvalue weighted by molar-refractivity contribution is -0.137. The van der Waals surface area contributed by atoms with Crippen molar-refractivity contribution in [2.75, 3.05) is 13.1 Å². The Balaban J connectivity index is 2.56. The normalized spacial score (nSPS) is 11.6. The van der Waals surface area contributed by atoms with Crippen molar-refractivity contribution in [3.8, 4) is 0 Å². The number of nitrogens with zero attached hydrogens (tertiary/aromatic N) is 1. The highest BCUT2D eigenvalue weighted by Gasteiger charge is 2.30. The maximum atomic E-state index is 12.7. The van der Waals surface area contributed by atoms with E-state index >= 15 is 0 Å². The van der Waals surface area contributed by atoms with E-state index in [2.05, 4.69) is 13.8 Å². The molecule has 0 saturated carbocycles. The number of carbonyl (C=O) groups is 1. The Morgan fingerprint density at radius 2 is 1.31 bits per heavy atom. The topological polar surface area (TPSA) is 20.3 Å². The zero-order valence-electron chi connectivity index (χ0n) is 16.1. The average Bonchev–Trinajstić information content (AvgIpc) is 2.62. The Kier molecular flexibility index (Phi) is 10.4. The first-order valence-corrected chi connectivity index (χ1v) is 9.86. The van der Waals surface area contributed by atoms with Crippen LogP contribution in [0.1, 0.15) is 87.6 Å². The molecule has 2 nitrogen and oxygen atoms in total. The molecule has 0 bridgehead atoms. The SMILES string of the molecule is CCCCCCCCCN(CCCC)C(=O)c1ccc(C(F)(F)F)cc1. The molecule has 0 aliphatic carbocycles. The van der Waals surface area contributed by atoms with Crippen LogP contribution in [0.25, 0.3) is 0 Å². The molecule has 0 N–H and O–H groups in total. The molecule has 0 spiro atoms. The molecule has 0 saturated heterocycles. The molecule has 1 aromatic carbocycles. The molecule has 1 rings (SSSR count). The second-order valence-corrected chi connectivity index (χ2v) is 6.84. The minimum Gasteiger partial charge on any atom is -0.339 e. The van der Waals surface area contributed by atoms with E-state index < -0.39 is 11.7 Å². The van der Waals surface area contributed by atoms with Crippen molar-refractivity contribution >= 4 is 5.91 Å². The minimum atomic E-state index is -4.37. The molecule has 26 heavy (non-hydrogen) atoms. The van der Waals surface area contributed by atoms with Gasteiger partial charge in [0.15, 0.2) is 0 Å². The van der Waals surface area contributed by atoms with Gasteiger partial charge in [-0.05, 0) is 37.1 Å². The molecule has 5 heteroatoms. The van der Waals surface area contributed by atoms with Gasteiger partial charge < -0.3 is 4.90 Å². The Bertz CT molecular complexity index is 511. The molecule has 148 valence electrons. The molecule has 0 aromatic heterocycles. The summed E-state index contributed by atoms with van der Waals surface area (Å²) >= 11 is 0. The Morgan fingerprint density at radius 3 is 1.85 bits per heavy atom. The summed E-state index contributed by atoms with van der Waals surface area (Å²) in [5.41, 5.74) is -0.390. The molecule has 0 radical (unpaired) electrons. The summed E-state index contributed by atoms with van der Waals surface area (Å²) in [7, 11) is 0. The van der Waals surface area contributed by atoms with Gasteiger partial charge in [0, 0.05) is 18.7 Å². The zero-order chi connectivity index (χ0) is 19.4. The van der Waals surface area contributed by atoms with Gasteiger partial charge in [-0.2, -0.15) is 13.2 Å². The number of unbranched alkanes of at least 4 members (excludes halogenated alkanes) is 7. The second-order valence-electron chi connectivity index (χ2n) is 6.84. The minimum absolute atomic E-state index is 0.168. The van der Waals surface area contributed by atoms with Gasteiger partial charge in [-0.3, -0.25) is 4.79 Å². The van der Waals surface area contributed by atoms with E-state index in [0.717, 1.165) is 37.8 Å². The van der Waals surface area contributed by atoms with Crippen LogP contribution in [-0.4, -0.2) is 23.9 Å². The Morgan fingerprint density at radius 1 is 0.808 bits per heavy atom. The lowest BCUT2D eigenvalue weighted by Gasteiger charge is -2.23. The number of hydrogen-bond donors (Lipinski definition) is 0. The molecular formula is C21H32F3NO. The van der Waals surface area contributed by atoms with E-state index in [0.29, 0.717) is 18.7 Å². The number of hydrogen-bond acceptors (Lipinski definition) is 1. The predicted molar refractivity (Wildman–Crippen MR) is 100 cm³/mol. The summed E-state index contributed by atoms with van der Waals surface area (Å²) in [5.74, 6) is -0.168. The van der Waals surface area contributed by atoms with Crippen molar-refractivity contribution < 1.29 is 18.0 Å². The molecule has 0 unspecified atom stereocenters. The standard InChI is InChI=1S/C21H32F3NO/c1-3-5-7-8-9-10-11-17-25(16-6-4-2)20(26)18-12-14-19(15-13-18)21(22,23)24/h12-15H,3-11,16-17H2,1-2H3. The molecular weight excluding hydrogens is 339 g/mol. The fourth-order valence-corrected chi connectivity index (χ4v) is 2.91. The maximum absolute atomic E-state index is 12.7. The Labute approximate surface area is 155 Å². The summed E-state index contributed by atoms with van der Waals surface area (Å²) in [6.07, 6.45) is 5.72. The van der Waals surface area contributed by atoms with Crippen LogP contribution < -0.4 is 0 Å². The lowest BCUT2D eigenvalue weighted by Crippen LogP contribution is -2.33. The first-order valence-electron chi connectivity index (χ1n) is 9.86. The van der Waals surface area contributed by atoms with E-state index in [1.807, 2.05) is 0 Å². The van der Waals surface area contributed by atoms with Crippen LogP contribution in [0.15, 0.2) is 24.3 Å². The summed E-state index contributed by atoms with van der Waals surface area (Å²) in [4.78, 5) is 14.5. The highest BCUT2D eigenvalue weighted by Crippen LogP contribution is 2.29. The number of halogens is 3. The fourth-order valence-electron chi connectivity index (χ4n) is 2.91. The van der Waals surface area contributed by atoms with Gasteiger partial charge in [0.1, 0.15) is 0 Å². The van der Waals surface area contributed by atoms with Crippen molar-refractivity contribution in [3.05, 3.63) is 35.4 Å². The van der Waals surface area contributed by atoms with Crippen molar-refractivity contribution in [2.24, 2.45) is 0 Å². The summed E-state index contributed by atoms with van der Waals surface area (Å²) in [5, 5.41) is 0. The van der Waals surface area contributed by atoms with Gasteiger partial charge in [-0.1, -0.05) is 58.8 Å². The number of amides is 1. The third kappa shape index (κ3) is 8.24. The zero-order valence-corrected chi connectivity index (χ0v) is 16.1. The van der Waals surface area contributed by atoms with Crippen LogP contribution >= 0.6 is 0 Å². The first-order chi connectivity index (χ1) is 12.4. The van der Waals surface area contributed by atoms with E-state index in [-0.39, 0.29) is 5.91 Å². The smallest absolute Gasteiger partial charge is 0.339 e. The lowest BCUT2D eigenvalue weighted by atomic mass is 10.1. The van der Waals surface area contributed by atoms with E-state index in [4.69, 9.17) is 0 Å². The van der Waals surface area contributed by atoms with Gasteiger partial charge in [0.2, 0.25) is 0 Å². The van der Waals surface area contributed by atoms with Gasteiger partial charge in [0.05, 0.1) is 5.56 Å². The molecule has 0 aliphatic rings. The van der Waals surface area contributed by atoms with Crippen LogP contribution in [-0.2, 0) is 6.18 Å². The van der Waals surface area contributed by atoms with Crippen molar-refractivity contribution in [3.63, 3.8) is 0 Å². The van der Waals surface area contributed by atoms with Crippen LogP contribution in [0.4, 0.5) is 13.2 Å². The molecule has 0 atom stereocenters. The number of benzene rings is 1. The van der Waals surface area contributed by atoms with Crippen molar-refractivity contribution in [2.45, 2.75) is 77.8 Å². The largest absolute Gasteiger partial charge is 0.416 e. The quantitative estimate of drug-likeness (QED) is 0.374. The summed E-state index contributed by atoms with van der Waals surface area (Å²) < 4.78 is 38.0. The van der Waals surface area contributed by atoms with Crippen LogP contribution in [0.2, 0.25) is 0 Å². The highest BCUT2D eigenvalue weighted by molar-refractivity contribution is 5.94. The molecule has 0 heterocycles. The fraction of sp³-hybridized carbons (Fsp3) is 0.667. The maximum Gasteiger partial charge on any atom is 0.416 e. The van der Waals surface area contributed by atoms with E-state index in [1.54, 1.807) is 4.90 Å². The van der Waals surface area contributed by atoms with E-state index in [9.17, 15) is 18.0 Å². The Hall–Kier alpha value is -1.52. The van der Waals surface area contributed by atoms with E-state index in [1.165, 1.54) is 44.2 Å². The van der Waals surface area contributed by atoms with Gasteiger partial charge >= 0.3 is 6.18 Å². The molecule has 0 aliphatic heterocycles. The third-order valence-electron chi connectivity index (χ3n) is 4.56. The summed E-state index contributed by atoms with van der Waals surface area (Å²) in [6, 6.07) is 4.54. The van der Waals surface area contributed by atoms with Crippen LogP contribution in [0.5, 0.6) is 0 Å². The van der Waals surface area contributed by atoms with Gasteiger partial charge in [0.25, 0.3) is 5.91 Å². The van der Waals surface area contributed by atoms with Gasteiger partial charge in [-0.15, -0.1) is 0 Å².